The van der Waals surface area contributed by atoms with Crippen molar-refractivity contribution < 1.29 is 19.4 Å². The maximum absolute atomic E-state index is 11.4. The van der Waals surface area contributed by atoms with Crippen molar-refractivity contribution in [3.05, 3.63) is 0 Å². The molecule has 4 nitrogen and oxygen atoms in total. The Kier molecular flexibility index (Phi) is 14.6. The first-order chi connectivity index (χ1) is 10.2. The zero-order valence-corrected chi connectivity index (χ0v) is 13.6. The second-order valence-corrected chi connectivity index (χ2v) is 5.65. The minimum absolute atomic E-state index is 0.0558. The van der Waals surface area contributed by atoms with Crippen LogP contribution in [0.1, 0.15) is 90.4 Å². The molecule has 0 aromatic heterocycles. The van der Waals surface area contributed by atoms with Gasteiger partial charge in [0.2, 0.25) is 0 Å². The Morgan fingerprint density at radius 2 is 1.29 bits per heavy atom. The molecule has 0 aromatic carbocycles. The lowest BCUT2D eigenvalue weighted by atomic mass is 10.1. The highest BCUT2D eigenvalue weighted by Crippen LogP contribution is 2.11. The summed E-state index contributed by atoms with van der Waals surface area (Å²) in [5.74, 6) is -0.753. The van der Waals surface area contributed by atoms with Gasteiger partial charge in [-0.15, -0.1) is 0 Å². The Hall–Kier alpha value is -1.06. The van der Waals surface area contributed by atoms with Crippen molar-refractivity contribution in [1.29, 1.82) is 0 Å². The highest BCUT2D eigenvalue weighted by Gasteiger charge is 2.02. The first-order valence-corrected chi connectivity index (χ1v) is 8.54. The summed E-state index contributed by atoms with van der Waals surface area (Å²) in [5.41, 5.74) is 0. The molecule has 0 rings (SSSR count). The number of aliphatic carboxylic acids is 1. The summed E-state index contributed by atoms with van der Waals surface area (Å²) in [7, 11) is 0. The number of carbonyl (C=O) groups excluding carboxylic acids is 1. The Morgan fingerprint density at radius 1 is 0.762 bits per heavy atom. The molecule has 0 fully saturated rings. The molecule has 0 aliphatic carbocycles. The van der Waals surface area contributed by atoms with E-state index in [0.29, 0.717) is 19.4 Å². The topological polar surface area (TPSA) is 63.6 Å². The van der Waals surface area contributed by atoms with Crippen LogP contribution in [-0.4, -0.2) is 23.7 Å². The first kappa shape index (κ1) is 19.9. The van der Waals surface area contributed by atoms with E-state index in [2.05, 4.69) is 6.92 Å². The quantitative estimate of drug-likeness (QED) is 0.351. The van der Waals surface area contributed by atoms with Crippen LogP contribution in [-0.2, 0) is 14.3 Å². The molecule has 124 valence electrons. The lowest BCUT2D eigenvalue weighted by molar-refractivity contribution is -0.144. The molecule has 0 bridgehead atoms. The average Bonchev–Trinajstić information content (AvgIpc) is 2.45. The molecule has 4 heteroatoms. The van der Waals surface area contributed by atoms with Crippen LogP contribution in [0, 0.1) is 0 Å². The Balaban J connectivity index is 3.14. The summed E-state index contributed by atoms with van der Waals surface area (Å²) in [6, 6.07) is 0. The van der Waals surface area contributed by atoms with E-state index in [9.17, 15) is 9.59 Å². The van der Waals surface area contributed by atoms with Crippen molar-refractivity contribution in [2.45, 2.75) is 90.4 Å². The number of rotatable bonds is 15. The van der Waals surface area contributed by atoms with Gasteiger partial charge in [0.1, 0.15) is 0 Å². The maximum Gasteiger partial charge on any atom is 0.305 e. The molecule has 0 saturated carbocycles. The summed E-state index contributed by atoms with van der Waals surface area (Å²) in [4.78, 5) is 21.7. The van der Waals surface area contributed by atoms with Gasteiger partial charge in [-0.1, -0.05) is 58.3 Å². The molecule has 21 heavy (non-hydrogen) atoms. The van der Waals surface area contributed by atoms with Crippen molar-refractivity contribution in [3.63, 3.8) is 0 Å². The fourth-order valence-electron chi connectivity index (χ4n) is 2.22. The third-order valence-corrected chi connectivity index (χ3v) is 3.53. The zero-order valence-electron chi connectivity index (χ0n) is 13.6. The Morgan fingerprint density at radius 3 is 1.81 bits per heavy atom. The third-order valence-electron chi connectivity index (χ3n) is 3.53. The van der Waals surface area contributed by atoms with Gasteiger partial charge in [0.15, 0.2) is 0 Å². The van der Waals surface area contributed by atoms with Gasteiger partial charge in [0, 0.05) is 12.8 Å². The van der Waals surface area contributed by atoms with Crippen LogP contribution in [0.4, 0.5) is 0 Å². The van der Waals surface area contributed by atoms with Crippen molar-refractivity contribution >= 4 is 11.9 Å². The number of esters is 1. The van der Waals surface area contributed by atoms with E-state index in [1.165, 1.54) is 12.8 Å². The molecular formula is C17H32O4. The van der Waals surface area contributed by atoms with Gasteiger partial charge in [0.05, 0.1) is 6.61 Å². The largest absolute Gasteiger partial charge is 0.481 e. The van der Waals surface area contributed by atoms with Crippen molar-refractivity contribution in [2.75, 3.05) is 6.61 Å². The smallest absolute Gasteiger partial charge is 0.305 e. The average molecular weight is 300 g/mol. The standard InChI is InChI=1S/C17H32O4/c1-2-3-12-15-21-17(20)14-11-9-7-5-4-6-8-10-13-16(18)19/h2-15H2,1H3,(H,18,19). The predicted octanol–water partition coefficient (Wildman–Crippen LogP) is 4.71. The number of carboxylic acid groups (broad SMARTS) is 1. The summed E-state index contributed by atoms with van der Waals surface area (Å²) in [6.07, 6.45) is 12.5. The summed E-state index contributed by atoms with van der Waals surface area (Å²) < 4.78 is 5.15. The van der Waals surface area contributed by atoms with E-state index >= 15 is 0 Å². The normalized spacial score (nSPS) is 10.5. The molecule has 0 unspecified atom stereocenters. The molecular weight excluding hydrogens is 268 g/mol. The number of carbonyl (C=O) groups is 2. The third kappa shape index (κ3) is 16.9. The van der Waals surface area contributed by atoms with Crippen molar-refractivity contribution in [2.24, 2.45) is 0 Å². The van der Waals surface area contributed by atoms with Gasteiger partial charge >= 0.3 is 11.9 Å². The van der Waals surface area contributed by atoms with Crippen LogP contribution in [0.15, 0.2) is 0 Å². The number of hydrogen-bond donors (Lipinski definition) is 1. The minimum atomic E-state index is -0.698. The SMILES string of the molecule is CCCCCOC(=O)CCCCCCCCCCC(=O)O. The fourth-order valence-corrected chi connectivity index (χ4v) is 2.22. The van der Waals surface area contributed by atoms with Crippen LogP contribution >= 0.6 is 0 Å². The Bertz CT molecular complexity index is 264. The second kappa shape index (κ2) is 15.3. The van der Waals surface area contributed by atoms with E-state index in [1.54, 1.807) is 0 Å². The van der Waals surface area contributed by atoms with Gasteiger partial charge in [-0.3, -0.25) is 9.59 Å². The highest BCUT2D eigenvalue weighted by molar-refractivity contribution is 5.69. The molecule has 0 aliphatic heterocycles. The molecule has 0 heterocycles. The lowest BCUT2D eigenvalue weighted by Gasteiger charge is -2.04. The fraction of sp³-hybridized carbons (Fsp3) is 0.882. The summed E-state index contributed by atoms with van der Waals surface area (Å²) in [6.45, 7) is 2.71. The van der Waals surface area contributed by atoms with Gasteiger partial charge in [0.25, 0.3) is 0 Å². The summed E-state index contributed by atoms with van der Waals surface area (Å²) in [5, 5.41) is 8.50. The lowest BCUT2D eigenvalue weighted by Crippen LogP contribution is -2.05. The molecule has 0 aliphatic rings. The van der Waals surface area contributed by atoms with Gasteiger partial charge in [-0.05, 0) is 19.3 Å². The van der Waals surface area contributed by atoms with Crippen LogP contribution in [0.3, 0.4) is 0 Å². The molecule has 1 N–H and O–H groups in total. The van der Waals surface area contributed by atoms with Crippen molar-refractivity contribution in [3.8, 4) is 0 Å². The van der Waals surface area contributed by atoms with E-state index in [4.69, 9.17) is 9.84 Å². The van der Waals surface area contributed by atoms with E-state index in [-0.39, 0.29) is 5.97 Å². The van der Waals surface area contributed by atoms with Crippen LogP contribution in [0.25, 0.3) is 0 Å². The van der Waals surface area contributed by atoms with E-state index in [0.717, 1.165) is 57.8 Å². The van der Waals surface area contributed by atoms with Gasteiger partial charge < -0.3 is 9.84 Å². The Labute approximate surface area is 129 Å². The number of ether oxygens (including phenoxy) is 1. The van der Waals surface area contributed by atoms with Gasteiger partial charge in [-0.2, -0.15) is 0 Å². The number of carboxylic acids is 1. The maximum atomic E-state index is 11.4. The van der Waals surface area contributed by atoms with Crippen LogP contribution in [0.2, 0.25) is 0 Å². The van der Waals surface area contributed by atoms with Gasteiger partial charge in [-0.25, -0.2) is 0 Å². The van der Waals surface area contributed by atoms with Crippen molar-refractivity contribution in [1.82, 2.24) is 0 Å². The number of unbranched alkanes of at least 4 members (excludes halogenated alkanes) is 9. The molecule has 0 spiro atoms. The monoisotopic (exact) mass is 300 g/mol. The molecule has 0 radical (unpaired) electrons. The first-order valence-electron chi connectivity index (χ1n) is 8.54. The molecule has 0 amide bonds. The van der Waals surface area contributed by atoms with E-state index in [1.807, 2.05) is 0 Å². The predicted molar refractivity (Wildman–Crippen MR) is 84.3 cm³/mol. The number of hydrogen-bond acceptors (Lipinski definition) is 3. The van der Waals surface area contributed by atoms with Crippen LogP contribution < -0.4 is 0 Å². The molecule has 0 aromatic rings. The summed E-state index contributed by atoms with van der Waals surface area (Å²) >= 11 is 0. The highest BCUT2D eigenvalue weighted by atomic mass is 16.5. The minimum Gasteiger partial charge on any atom is -0.481 e. The molecule has 0 atom stereocenters. The van der Waals surface area contributed by atoms with Crippen LogP contribution in [0.5, 0.6) is 0 Å². The zero-order chi connectivity index (χ0) is 15.8. The van der Waals surface area contributed by atoms with E-state index < -0.39 is 5.97 Å². The second-order valence-electron chi connectivity index (χ2n) is 5.65. The molecule has 0 saturated heterocycles.